The molecular weight excluding hydrogens is 338 g/mol. The molecule has 0 saturated carbocycles. The number of benzene rings is 2. The molecule has 136 valence electrons. The van der Waals surface area contributed by atoms with E-state index in [0.29, 0.717) is 37.2 Å². The van der Waals surface area contributed by atoms with E-state index in [9.17, 15) is 9.59 Å². The van der Waals surface area contributed by atoms with E-state index in [4.69, 9.17) is 0 Å². The molecule has 1 heterocycles. The summed E-state index contributed by atoms with van der Waals surface area (Å²) in [4.78, 5) is 28.4. The average Bonchev–Trinajstić information content (AvgIpc) is 3.08. The van der Waals surface area contributed by atoms with Crippen LogP contribution in [0.2, 0.25) is 0 Å². The second-order valence-corrected chi connectivity index (χ2v) is 7.07. The molecule has 5 heteroatoms. The van der Waals surface area contributed by atoms with Gasteiger partial charge in [-0.3, -0.25) is 9.59 Å². The minimum Gasteiger partial charge on any atom is -0.331 e. The van der Waals surface area contributed by atoms with Gasteiger partial charge in [0.15, 0.2) is 5.82 Å². The maximum atomic E-state index is 12.5. The van der Waals surface area contributed by atoms with Gasteiger partial charge in [0.25, 0.3) is 5.91 Å². The number of anilines is 1. The fourth-order valence-corrected chi connectivity index (χ4v) is 3.47. The van der Waals surface area contributed by atoms with Crippen molar-refractivity contribution in [2.45, 2.75) is 32.7 Å². The van der Waals surface area contributed by atoms with Gasteiger partial charge >= 0.3 is 0 Å². The van der Waals surface area contributed by atoms with Crippen LogP contribution >= 0.6 is 0 Å². The minimum absolute atomic E-state index is 0.185. The summed E-state index contributed by atoms with van der Waals surface area (Å²) in [6, 6.07) is 13.9. The monoisotopic (exact) mass is 359 g/mol. The molecule has 1 aliphatic carbocycles. The first-order chi connectivity index (χ1) is 13.1. The third-order valence-electron chi connectivity index (χ3n) is 4.85. The minimum atomic E-state index is -0.185. The molecule has 0 aliphatic heterocycles. The van der Waals surface area contributed by atoms with Crippen molar-refractivity contribution in [2.75, 3.05) is 5.32 Å². The topological polar surface area (TPSA) is 64.0 Å². The molecule has 0 radical (unpaired) electrons. The molecule has 4 rings (SSSR count). The first-order valence-electron chi connectivity index (χ1n) is 9.09. The quantitative estimate of drug-likeness (QED) is 0.775. The fraction of sp³-hybridized carbons (Fsp3) is 0.227. The van der Waals surface area contributed by atoms with E-state index < -0.39 is 0 Å². The zero-order valence-corrected chi connectivity index (χ0v) is 15.2. The van der Waals surface area contributed by atoms with Gasteiger partial charge in [0.2, 0.25) is 0 Å². The van der Waals surface area contributed by atoms with E-state index in [1.807, 2.05) is 29.0 Å². The van der Waals surface area contributed by atoms with Gasteiger partial charge in [0.05, 0.1) is 6.33 Å². The van der Waals surface area contributed by atoms with Crippen molar-refractivity contribution in [3.05, 3.63) is 82.8 Å². The molecule has 0 bridgehead atoms. The number of aromatic nitrogens is 2. The van der Waals surface area contributed by atoms with Gasteiger partial charge in [-0.25, -0.2) is 4.98 Å². The third-order valence-corrected chi connectivity index (χ3v) is 4.85. The van der Waals surface area contributed by atoms with Crippen LogP contribution in [0.3, 0.4) is 0 Å². The summed E-state index contributed by atoms with van der Waals surface area (Å²) in [5.41, 5.74) is 5.12. The largest absolute Gasteiger partial charge is 0.331 e. The van der Waals surface area contributed by atoms with Crippen LogP contribution < -0.4 is 5.32 Å². The van der Waals surface area contributed by atoms with Crippen LogP contribution in [0.5, 0.6) is 0 Å². The normalized spacial score (nSPS) is 13.3. The van der Waals surface area contributed by atoms with Crippen LogP contribution in [0.25, 0.3) is 0 Å². The zero-order valence-electron chi connectivity index (χ0n) is 15.2. The summed E-state index contributed by atoms with van der Waals surface area (Å²) in [6.45, 7) is 2.77. The lowest BCUT2D eigenvalue weighted by molar-refractivity contribution is -0.118. The molecule has 0 atom stereocenters. The summed E-state index contributed by atoms with van der Waals surface area (Å²) >= 11 is 0. The highest BCUT2D eigenvalue weighted by Crippen LogP contribution is 2.21. The Morgan fingerprint density at radius 1 is 1.15 bits per heavy atom. The molecule has 1 N–H and O–H groups in total. The highest BCUT2D eigenvalue weighted by molar-refractivity contribution is 6.04. The van der Waals surface area contributed by atoms with Gasteiger partial charge in [-0.15, -0.1) is 0 Å². The average molecular weight is 359 g/mol. The van der Waals surface area contributed by atoms with Crippen molar-refractivity contribution >= 4 is 17.5 Å². The molecule has 0 spiro atoms. The Balaban J connectivity index is 1.44. The first-order valence-corrected chi connectivity index (χ1v) is 9.09. The van der Waals surface area contributed by atoms with Gasteiger partial charge in [0, 0.05) is 31.1 Å². The Labute approximate surface area is 158 Å². The maximum absolute atomic E-state index is 12.5. The van der Waals surface area contributed by atoms with Gasteiger partial charge in [-0.2, -0.15) is 0 Å². The van der Waals surface area contributed by atoms with Gasteiger partial charge < -0.3 is 9.88 Å². The number of amides is 1. The van der Waals surface area contributed by atoms with Crippen molar-refractivity contribution in [3.8, 4) is 0 Å². The van der Waals surface area contributed by atoms with Crippen molar-refractivity contribution < 1.29 is 9.59 Å². The van der Waals surface area contributed by atoms with Crippen molar-refractivity contribution in [3.63, 3.8) is 0 Å². The molecule has 3 aromatic rings. The van der Waals surface area contributed by atoms with E-state index in [0.717, 1.165) is 11.1 Å². The molecule has 1 amide bonds. The number of carbonyl (C=O) groups excluding carboxylic acids is 2. The number of aryl methyl sites for hydroxylation is 2. The highest BCUT2D eigenvalue weighted by atomic mass is 16.1. The van der Waals surface area contributed by atoms with Crippen LogP contribution in [0.15, 0.2) is 55.0 Å². The standard InChI is InChI=1S/C22H21N3O2/c1-15-3-2-4-16(9-15)12-25-13-21(23-14-25)24-22(27)19-6-5-18-11-20(26)8-7-17(18)10-19/h2-6,9-10,13-14H,7-8,11-12H2,1H3,(H,24,27). The number of rotatable bonds is 4. The number of hydrogen-bond acceptors (Lipinski definition) is 3. The predicted molar refractivity (Wildman–Crippen MR) is 104 cm³/mol. The Bertz CT molecular complexity index is 1020. The van der Waals surface area contributed by atoms with E-state index in [1.165, 1.54) is 11.1 Å². The van der Waals surface area contributed by atoms with Crippen molar-refractivity contribution in [1.29, 1.82) is 0 Å². The molecule has 0 fully saturated rings. The molecule has 1 aliphatic rings. The summed E-state index contributed by atoms with van der Waals surface area (Å²) in [6.07, 6.45) is 5.29. The number of fused-ring (bicyclic) bond motifs is 1. The fourth-order valence-electron chi connectivity index (χ4n) is 3.47. The third kappa shape index (κ3) is 3.97. The van der Waals surface area contributed by atoms with Crippen molar-refractivity contribution in [1.82, 2.24) is 9.55 Å². The first kappa shape index (κ1) is 17.2. The SMILES string of the molecule is Cc1cccc(Cn2cnc(NC(=O)c3ccc4c(c3)CCC(=O)C4)c2)c1. The number of nitrogens with one attached hydrogen (secondary N) is 1. The van der Waals surface area contributed by atoms with E-state index in [2.05, 4.69) is 35.4 Å². The number of hydrogen-bond donors (Lipinski definition) is 1. The summed E-state index contributed by atoms with van der Waals surface area (Å²) in [5, 5.41) is 2.85. The molecule has 0 unspecified atom stereocenters. The Morgan fingerprint density at radius 2 is 2.04 bits per heavy atom. The van der Waals surface area contributed by atoms with Crippen LogP contribution in [-0.2, 0) is 24.2 Å². The van der Waals surface area contributed by atoms with Crippen LogP contribution in [-0.4, -0.2) is 21.2 Å². The highest BCUT2D eigenvalue weighted by Gasteiger charge is 2.17. The number of Topliss-reactive ketones (excluding diaryl/α,β-unsaturated/α-hetero) is 1. The van der Waals surface area contributed by atoms with Crippen LogP contribution in [0.4, 0.5) is 5.82 Å². The van der Waals surface area contributed by atoms with E-state index in [-0.39, 0.29) is 11.7 Å². The molecular formula is C22H21N3O2. The van der Waals surface area contributed by atoms with Gasteiger partial charge in [-0.05, 0) is 42.2 Å². The van der Waals surface area contributed by atoms with Crippen LogP contribution in [0.1, 0.15) is 39.0 Å². The Kier molecular flexibility index (Phi) is 4.59. The summed E-state index contributed by atoms with van der Waals surface area (Å²) < 4.78 is 1.95. The Hall–Kier alpha value is -3.21. The smallest absolute Gasteiger partial charge is 0.256 e. The molecule has 5 nitrogen and oxygen atoms in total. The molecule has 1 aromatic heterocycles. The number of ketones is 1. The second kappa shape index (κ2) is 7.19. The Morgan fingerprint density at radius 3 is 2.89 bits per heavy atom. The molecule has 0 saturated heterocycles. The lowest BCUT2D eigenvalue weighted by Crippen LogP contribution is -2.16. The predicted octanol–water partition coefficient (Wildman–Crippen LogP) is 3.55. The van der Waals surface area contributed by atoms with E-state index in [1.54, 1.807) is 12.4 Å². The van der Waals surface area contributed by atoms with Crippen molar-refractivity contribution in [2.24, 2.45) is 0 Å². The summed E-state index contributed by atoms with van der Waals surface area (Å²) in [7, 11) is 0. The van der Waals surface area contributed by atoms with E-state index >= 15 is 0 Å². The van der Waals surface area contributed by atoms with Gasteiger partial charge in [0.1, 0.15) is 5.78 Å². The van der Waals surface area contributed by atoms with Gasteiger partial charge in [-0.1, -0.05) is 35.9 Å². The summed E-state index contributed by atoms with van der Waals surface area (Å²) in [5.74, 6) is 0.606. The number of imidazole rings is 1. The second-order valence-electron chi connectivity index (χ2n) is 7.07. The molecule has 27 heavy (non-hydrogen) atoms. The van der Waals surface area contributed by atoms with Crippen LogP contribution in [0, 0.1) is 6.92 Å². The number of carbonyl (C=O) groups is 2. The lowest BCUT2D eigenvalue weighted by Gasteiger charge is -2.15. The molecule has 2 aromatic carbocycles. The zero-order chi connectivity index (χ0) is 18.8. The maximum Gasteiger partial charge on any atom is 0.256 e. The number of nitrogens with zero attached hydrogens (tertiary/aromatic N) is 2. The lowest BCUT2D eigenvalue weighted by atomic mass is 9.89.